The van der Waals surface area contributed by atoms with E-state index in [-0.39, 0.29) is 5.91 Å². The number of hydrogen-bond donors (Lipinski definition) is 2. The number of H-pyrrole nitrogens is 1. The summed E-state index contributed by atoms with van der Waals surface area (Å²) < 4.78 is 0. The maximum absolute atomic E-state index is 12.5. The van der Waals surface area contributed by atoms with Crippen LogP contribution in [0, 0.1) is 5.92 Å². The zero-order valence-electron chi connectivity index (χ0n) is 15.3. The van der Waals surface area contributed by atoms with E-state index in [9.17, 15) is 4.79 Å². The van der Waals surface area contributed by atoms with Crippen LogP contribution in [0.25, 0.3) is 11.2 Å². The molecule has 1 saturated heterocycles. The first-order valence-electron chi connectivity index (χ1n) is 9.49. The number of fused-ring (bicyclic) bond motifs is 1. The number of amides is 1. The van der Waals surface area contributed by atoms with Crippen molar-refractivity contribution >= 4 is 22.9 Å². The van der Waals surface area contributed by atoms with E-state index < -0.39 is 0 Å². The first-order chi connectivity index (χ1) is 13.3. The average molecular weight is 364 g/mol. The Balaban J connectivity index is 1.22. The Labute approximate surface area is 158 Å². The SMILES string of the molecule is O=C(CCNc1ncnc2nc[nH]c12)N1CCC(Cc2ccccc2)CC1. The molecular weight excluding hydrogens is 340 g/mol. The van der Waals surface area contributed by atoms with Crippen molar-refractivity contribution in [2.75, 3.05) is 25.0 Å². The molecule has 140 valence electrons. The summed E-state index contributed by atoms with van der Waals surface area (Å²) >= 11 is 0. The predicted octanol–water partition coefficient (Wildman–Crippen LogP) is 2.64. The number of piperidine rings is 1. The molecule has 7 heteroatoms. The zero-order chi connectivity index (χ0) is 18.5. The highest BCUT2D eigenvalue weighted by Gasteiger charge is 2.22. The van der Waals surface area contributed by atoms with Crippen molar-refractivity contribution in [3.05, 3.63) is 48.5 Å². The number of carbonyl (C=O) groups is 1. The maximum Gasteiger partial charge on any atom is 0.224 e. The summed E-state index contributed by atoms with van der Waals surface area (Å²) in [6, 6.07) is 10.6. The van der Waals surface area contributed by atoms with Gasteiger partial charge in [-0.1, -0.05) is 30.3 Å². The number of aromatic nitrogens is 4. The highest BCUT2D eigenvalue weighted by molar-refractivity contribution is 5.82. The third kappa shape index (κ3) is 4.24. The first-order valence-corrected chi connectivity index (χ1v) is 9.49. The van der Waals surface area contributed by atoms with E-state index in [0.717, 1.165) is 37.9 Å². The van der Waals surface area contributed by atoms with Crippen molar-refractivity contribution in [2.45, 2.75) is 25.7 Å². The third-order valence-corrected chi connectivity index (χ3v) is 5.19. The second kappa shape index (κ2) is 8.16. The number of hydrogen-bond acceptors (Lipinski definition) is 5. The normalized spacial score (nSPS) is 15.2. The Kier molecular flexibility index (Phi) is 5.27. The minimum absolute atomic E-state index is 0.204. The van der Waals surface area contributed by atoms with Crippen LogP contribution in [-0.2, 0) is 11.2 Å². The average Bonchev–Trinajstić information content (AvgIpc) is 3.19. The van der Waals surface area contributed by atoms with Gasteiger partial charge in [-0.25, -0.2) is 15.0 Å². The molecule has 3 aromatic rings. The molecule has 0 unspecified atom stereocenters. The molecule has 0 spiro atoms. The van der Waals surface area contributed by atoms with Crippen LogP contribution >= 0.6 is 0 Å². The molecule has 0 bridgehead atoms. The van der Waals surface area contributed by atoms with Crippen LogP contribution < -0.4 is 5.32 Å². The molecule has 1 amide bonds. The lowest BCUT2D eigenvalue weighted by atomic mass is 9.90. The summed E-state index contributed by atoms with van der Waals surface area (Å²) in [6.07, 6.45) is 6.80. The summed E-state index contributed by atoms with van der Waals surface area (Å²) in [5, 5.41) is 3.22. The van der Waals surface area contributed by atoms with Crippen molar-refractivity contribution in [1.82, 2.24) is 24.8 Å². The van der Waals surface area contributed by atoms with Gasteiger partial charge in [-0.3, -0.25) is 4.79 Å². The summed E-state index contributed by atoms with van der Waals surface area (Å²) in [7, 11) is 0. The lowest BCUT2D eigenvalue weighted by molar-refractivity contribution is -0.132. The summed E-state index contributed by atoms with van der Waals surface area (Å²) in [5.41, 5.74) is 2.78. The van der Waals surface area contributed by atoms with Gasteiger partial charge in [0.25, 0.3) is 0 Å². The van der Waals surface area contributed by atoms with Crippen LogP contribution in [0.15, 0.2) is 43.0 Å². The molecule has 1 aliphatic heterocycles. The number of carbonyl (C=O) groups excluding carboxylic acids is 1. The predicted molar refractivity (Wildman–Crippen MR) is 104 cm³/mol. The van der Waals surface area contributed by atoms with E-state index in [1.54, 1.807) is 6.33 Å². The van der Waals surface area contributed by atoms with Gasteiger partial charge in [-0.15, -0.1) is 0 Å². The van der Waals surface area contributed by atoms with Gasteiger partial charge >= 0.3 is 0 Å². The maximum atomic E-state index is 12.5. The lowest BCUT2D eigenvalue weighted by Gasteiger charge is -2.32. The van der Waals surface area contributed by atoms with E-state index >= 15 is 0 Å². The number of anilines is 1. The second-order valence-electron chi connectivity index (χ2n) is 7.01. The monoisotopic (exact) mass is 364 g/mol. The summed E-state index contributed by atoms with van der Waals surface area (Å²) in [6.45, 7) is 2.26. The van der Waals surface area contributed by atoms with Crippen molar-refractivity contribution < 1.29 is 4.79 Å². The van der Waals surface area contributed by atoms with Gasteiger partial charge in [0.05, 0.1) is 6.33 Å². The Hall–Kier alpha value is -2.96. The van der Waals surface area contributed by atoms with Gasteiger partial charge in [0.15, 0.2) is 11.5 Å². The van der Waals surface area contributed by atoms with Crippen LogP contribution in [0.1, 0.15) is 24.8 Å². The van der Waals surface area contributed by atoms with Gasteiger partial charge in [0, 0.05) is 26.1 Å². The Morgan fingerprint density at radius 2 is 1.96 bits per heavy atom. The standard InChI is InChI=1S/C20H24N6O/c27-17(6-9-21-19-18-20(23-13-22-18)25-14-24-19)26-10-7-16(8-11-26)12-15-4-2-1-3-5-15/h1-5,13-14,16H,6-12H2,(H2,21,22,23,24,25). The van der Waals surface area contributed by atoms with Crippen molar-refractivity contribution in [1.29, 1.82) is 0 Å². The van der Waals surface area contributed by atoms with Crippen LogP contribution in [0.4, 0.5) is 5.82 Å². The van der Waals surface area contributed by atoms with Crippen molar-refractivity contribution in [3.63, 3.8) is 0 Å². The third-order valence-electron chi connectivity index (χ3n) is 5.19. The Morgan fingerprint density at radius 1 is 1.15 bits per heavy atom. The zero-order valence-corrected chi connectivity index (χ0v) is 15.3. The van der Waals surface area contributed by atoms with Crippen molar-refractivity contribution in [3.8, 4) is 0 Å². The van der Waals surface area contributed by atoms with Gasteiger partial charge < -0.3 is 15.2 Å². The number of nitrogens with zero attached hydrogens (tertiary/aromatic N) is 4. The molecule has 7 nitrogen and oxygen atoms in total. The topological polar surface area (TPSA) is 86.8 Å². The minimum Gasteiger partial charge on any atom is -0.368 e. The van der Waals surface area contributed by atoms with Gasteiger partial charge in [-0.2, -0.15) is 0 Å². The van der Waals surface area contributed by atoms with E-state index in [1.807, 2.05) is 4.90 Å². The number of benzene rings is 1. The van der Waals surface area contributed by atoms with Crippen LogP contribution in [0.3, 0.4) is 0 Å². The molecule has 4 rings (SSSR count). The fraction of sp³-hybridized carbons (Fsp3) is 0.400. The molecule has 1 aliphatic rings. The van der Waals surface area contributed by atoms with E-state index in [0.29, 0.717) is 30.3 Å². The smallest absolute Gasteiger partial charge is 0.224 e. The molecule has 3 heterocycles. The fourth-order valence-corrected chi connectivity index (χ4v) is 3.68. The summed E-state index contributed by atoms with van der Waals surface area (Å²) in [5.74, 6) is 1.56. The largest absolute Gasteiger partial charge is 0.368 e. The van der Waals surface area contributed by atoms with E-state index in [4.69, 9.17) is 0 Å². The lowest BCUT2D eigenvalue weighted by Crippen LogP contribution is -2.39. The summed E-state index contributed by atoms with van der Waals surface area (Å²) in [4.78, 5) is 29.9. The molecule has 2 N–H and O–H groups in total. The van der Waals surface area contributed by atoms with Gasteiger partial charge in [0.2, 0.25) is 5.91 Å². The highest BCUT2D eigenvalue weighted by Crippen LogP contribution is 2.22. The van der Waals surface area contributed by atoms with Gasteiger partial charge in [-0.05, 0) is 30.7 Å². The van der Waals surface area contributed by atoms with Crippen molar-refractivity contribution in [2.24, 2.45) is 5.92 Å². The molecule has 0 aliphatic carbocycles. The molecule has 1 aromatic carbocycles. The molecule has 27 heavy (non-hydrogen) atoms. The van der Waals surface area contributed by atoms with Gasteiger partial charge in [0.1, 0.15) is 11.8 Å². The minimum atomic E-state index is 0.204. The van der Waals surface area contributed by atoms with Crippen LogP contribution in [-0.4, -0.2) is 50.4 Å². The highest BCUT2D eigenvalue weighted by atomic mass is 16.2. The number of nitrogens with one attached hydrogen (secondary N) is 2. The number of rotatable bonds is 6. The molecular formula is C20H24N6O. The molecule has 0 radical (unpaired) electrons. The quantitative estimate of drug-likeness (QED) is 0.702. The molecule has 0 atom stereocenters. The van der Waals surface area contributed by atoms with Crippen LogP contribution in [0.5, 0.6) is 0 Å². The molecule has 2 aromatic heterocycles. The number of likely N-dealkylation sites (tertiary alicyclic amines) is 1. The van der Waals surface area contributed by atoms with Crippen LogP contribution in [0.2, 0.25) is 0 Å². The van der Waals surface area contributed by atoms with E-state index in [1.165, 1.54) is 11.9 Å². The Bertz CT molecular complexity index is 886. The number of imidazole rings is 1. The molecule has 0 saturated carbocycles. The second-order valence-corrected chi connectivity index (χ2v) is 7.01. The number of aromatic amines is 1. The molecule has 1 fully saturated rings. The van der Waals surface area contributed by atoms with E-state index in [2.05, 4.69) is 55.6 Å². The Morgan fingerprint density at radius 3 is 2.78 bits per heavy atom. The fourth-order valence-electron chi connectivity index (χ4n) is 3.68. The first kappa shape index (κ1) is 17.5.